The van der Waals surface area contributed by atoms with Crippen molar-refractivity contribution in [1.29, 1.82) is 0 Å². The Hall–Kier alpha value is -2.60. The number of nitrogens with zero attached hydrogens (tertiary/aromatic N) is 2. The van der Waals surface area contributed by atoms with Gasteiger partial charge in [0.15, 0.2) is 11.5 Å². The van der Waals surface area contributed by atoms with Crippen molar-refractivity contribution in [1.82, 2.24) is 10.5 Å². The lowest BCUT2D eigenvalue weighted by molar-refractivity contribution is 0.366. The van der Waals surface area contributed by atoms with Crippen molar-refractivity contribution >= 4 is 5.84 Å². The Kier molecular flexibility index (Phi) is 3.00. The van der Waals surface area contributed by atoms with Crippen molar-refractivity contribution in [2.45, 2.75) is 12.2 Å². The molecule has 1 aromatic heterocycles. The molecule has 20 heavy (non-hydrogen) atoms. The minimum absolute atomic E-state index is 0.383. The molecule has 6 nitrogen and oxygen atoms in total. The smallest absolute Gasteiger partial charge is 0.189 e. The van der Waals surface area contributed by atoms with E-state index >= 15 is 0 Å². The molecule has 1 aromatic carbocycles. The van der Waals surface area contributed by atoms with Gasteiger partial charge >= 0.3 is 0 Å². The quantitative estimate of drug-likeness (QED) is 0.770. The zero-order chi connectivity index (χ0) is 14.0. The van der Waals surface area contributed by atoms with Gasteiger partial charge in [0.25, 0.3) is 0 Å². The molecule has 0 radical (unpaired) electrons. The van der Waals surface area contributed by atoms with E-state index < -0.39 is 5.79 Å². The molecule has 5 N–H and O–H groups in total. The highest BCUT2D eigenvalue weighted by Crippen LogP contribution is 2.21. The minimum atomic E-state index is -0.982. The Morgan fingerprint density at radius 3 is 2.80 bits per heavy atom. The normalized spacial score (nSPS) is 21.4. The number of aliphatic imine (C=N–C) groups is 1. The molecule has 6 heteroatoms. The highest BCUT2D eigenvalue weighted by Gasteiger charge is 2.27. The average molecular weight is 269 g/mol. The maximum atomic E-state index is 6.12. The summed E-state index contributed by atoms with van der Waals surface area (Å²) < 4.78 is 5.33. The summed E-state index contributed by atoms with van der Waals surface area (Å²) in [6.45, 7) is 0. The molecule has 2 heterocycles. The molecule has 0 saturated heterocycles. The van der Waals surface area contributed by atoms with Crippen molar-refractivity contribution < 1.29 is 4.52 Å². The van der Waals surface area contributed by atoms with E-state index in [2.05, 4.69) is 15.5 Å². The van der Waals surface area contributed by atoms with Gasteiger partial charge in [-0.1, -0.05) is 35.5 Å². The third-order valence-corrected chi connectivity index (χ3v) is 2.98. The van der Waals surface area contributed by atoms with Gasteiger partial charge in [0.2, 0.25) is 0 Å². The van der Waals surface area contributed by atoms with Gasteiger partial charge in [-0.3, -0.25) is 5.73 Å². The van der Waals surface area contributed by atoms with E-state index in [4.69, 9.17) is 16.0 Å². The molecule has 1 aliphatic heterocycles. The molecule has 3 rings (SSSR count). The SMILES string of the molecule is NC1=NC(N)(Cc2cc(-c3ccccc3)on2)NC=C1. The van der Waals surface area contributed by atoms with Gasteiger partial charge in [-0.15, -0.1) is 0 Å². The molecule has 2 aromatic rings. The lowest BCUT2D eigenvalue weighted by Gasteiger charge is -2.27. The number of benzene rings is 1. The van der Waals surface area contributed by atoms with Crippen LogP contribution >= 0.6 is 0 Å². The van der Waals surface area contributed by atoms with Crippen LogP contribution in [0.15, 0.2) is 58.2 Å². The lowest BCUT2D eigenvalue weighted by Crippen LogP contribution is -2.54. The Morgan fingerprint density at radius 2 is 2.05 bits per heavy atom. The lowest BCUT2D eigenvalue weighted by atomic mass is 10.1. The van der Waals surface area contributed by atoms with Gasteiger partial charge in [-0.2, -0.15) is 0 Å². The summed E-state index contributed by atoms with van der Waals surface area (Å²) in [6.07, 6.45) is 3.72. The van der Waals surface area contributed by atoms with Gasteiger partial charge in [0, 0.05) is 17.8 Å². The topological polar surface area (TPSA) is 102 Å². The third kappa shape index (κ3) is 2.55. The standard InChI is InChI=1S/C14H15N5O/c15-13-6-7-17-14(16,18-13)9-11-8-12(20-19-11)10-4-2-1-3-5-10/h1-8,17H,9,16H2,(H2,15,18). The summed E-state index contributed by atoms with van der Waals surface area (Å²) in [5.74, 6) is 0.106. The number of nitrogens with two attached hydrogens (primary N) is 2. The second kappa shape index (κ2) is 4.82. The van der Waals surface area contributed by atoms with E-state index in [9.17, 15) is 0 Å². The van der Waals surface area contributed by atoms with Gasteiger partial charge in [0.1, 0.15) is 5.84 Å². The van der Waals surface area contributed by atoms with E-state index in [0.717, 1.165) is 5.56 Å². The average Bonchev–Trinajstić information content (AvgIpc) is 2.87. The molecule has 1 aliphatic rings. The van der Waals surface area contributed by atoms with Gasteiger partial charge in [-0.25, -0.2) is 4.99 Å². The van der Waals surface area contributed by atoms with Crippen molar-refractivity contribution in [3.05, 3.63) is 54.4 Å². The first kappa shape index (κ1) is 12.4. The van der Waals surface area contributed by atoms with Crippen LogP contribution in [0, 0.1) is 0 Å². The predicted octanol–water partition coefficient (Wildman–Crippen LogP) is 0.971. The van der Waals surface area contributed by atoms with E-state index in [0.29, 0.717) is 23.7 Å². The fourth-order valence-electron chi connectivity index (χ4n) is 2.07. The number of amidine groups is 1. The minimum Gasteiger partial charge on any atom is -0.384 e. The summed E-state index contributed by atoms with van der Waals surface area (Å²) in [5, 5.41) is 7.00. The van der Waals surface area contributed by atoms with Crippen LogP contribution in [0.1, 0.15) is 5.69 Å². The molecule has 102 valence electrons. The second-order valence-corrected chi connectivity index (χ2v) is 4.66. The number of aromatic nitrogens is 1. The van der Waals surface area contributed by atoms with Crippen LogP contribution in [0.3, 0.4) is 0 Å². The Bertz CT molecular complexity index is 661. The Morgan fingerprint density at radius 1 is 1.25 bits per heavy atom. The number of nitrogens with one attached hydrogen (secondary N) is 1. The summed E-state index contributed by atoms with van der Waals surface area (Å²) >= 11 is 0. The summed E-state index contributed by atoms with van der Waals surface area (Å²) in [5.41, 5.74) is 13.5. The van der Waals surface area contributed by atoms with Crippen LogP contribution in [-0.4, -0.2) is 16.8 Å². The van der Waals surface area contributed by atoms with E-state index in [1.54, 1.807) is 12.3 Å². The number of rotatable bonds is 3. The molecule has 0 bridgehead atoms. The van der Waals surface area contributed by atoms with Crippen LogP contribution in [0.4, 0.5) is 0 Å². The van der Waals surface area contributed by atoms with Crippen molar-refractivity contribution in [2.75, 3.05) is 0 Å². The summed E-state index contributed by atoms with van der Waals surface area (Å²) in [6, 6.07) is 11.6. The zero-order valence-electron chi connectivity index (χ0n) is 10.8. The Labute approximate surface area is 116 Å². The molecule has 0 aliphatic carbocycles. The fourth-order valence-corrected chi connectivity index (χ4v) is 2.07. The number of hydrogen-bond donors (Lipinski definition) is 3. The van der Waals surface area contributed by atoms with E-state index in [-0.39, 0.29) is 0 Å². The van der Waals surface area contributed by atoms with Crippen LogP contribution in [-0.2, 0) is 6.42 Å². The third-order valence-electron chi connectivity index (χ3n) is 2.98. The van der Waals surface area contributed by atoms with Gasteiger partial charge in [-0.05, 0) is 6.08 Å². The van der Waals surface area contributed by atoms with Gasteiger partial charge in [0.05, 0.1) is 12.1 Å². The molecule has 0 saturated carbocycles. The highest BCUT2D eigenvalue weighted by molar-refractivity contribution is 5.92. The van der Waals surface area contributed by atoms with Crippen LogP contribution in [0.2, 0.25) is 0 Å². The van der Waals surface area contributed by atoms with E-state index in [1.165, 1.54) is 0 Å². The Balaban J connectivity index is 1.80. The van der Waals surface area contributed by atoms with Crippen molar-refractivity contribution in [3.8, 4) is 11.3 Å². The number of hydrogen-bond acceptors (Lipinski definition) is 6. The van der Waals surface area contributed by atoms with Gasteiger partial charge < -0.3 is 15.6 Å². The van der Waals surface area contributed by atoms with Crippen LogP contribution < -0.4 is 16.8 Å². The first-order valence-corrected chi connectivity index (χ1v) is 6.24. The molecular formula is C14H15N5O. The molecule has 1 unspecified atom stereocenters. The van der Waals surface area contributed by atoms with E-state index in [1.807, 2.05) is 36.4 Å². The first-order valence-electron chi connectivity index (χ1n) is 6.24. The molecular weight excluding hydrogens is 254 g/mol. The maximum Gasteiger partial charge on any atom is 0.189 e. The second-order valence-electron chi connectivity index (χ2n) is 4.66. The van der Waals surface area contributed by atoms with Crippen LogP contribution in [0.5, 0.6) is 0 Å². The molecule has 1 atom stereocenters. The molecule has 0 spiro atoms. The van der Waals surface area contributed by atoms with Crippen molar-refractivity contribution in [3.63, 3.8) is 0 Å². The predicted molar refractivity (Wildman–Crippen MR) is 76.5 cm³/mol. The molecule has 0 fully saturated rings. The zero-order valence-corrected chi connectivity index (χ0v) is 10.8. The molecule has 0 amide bonds. The summed E-state index contributed by atoms with van der Waals surface area (Å²) in [4.78, 5) is 4.18. The maximum absolute atomic E-state index is 6.12. The van der Waals surface area contributed by atoms with Crippen molar-refractivity contribution in [2.24, 2.45) is 16.5 Å². The fraction of sp³-hybridized carbons (Fsp3) is 0.143. The highest BCUT2D eigenvalue weighted by atomic mass is 16.5. The first-order chi connectivity index (χ1) is 9.65. The summed E-state index contributed by atoms with van der Waals surface area (Å²) in [7, 11) is 0. The largest absolute Gasteiger partial charge is 0.384 e. The van der Waals surface area contributed by atoms with Crippen LogP contribution in [0.25, 0.3) is 11.3 Å². The monoisotopic (exact) mass is 269 g/mol.